The summed E-state index contributed by atoms with van der Waals surface area (Å²) in [4.78, 5) is 27.4. The SMILES string of the molecule is CCOC(=O)c1cccc(N(N=O)c2ccc(OCc3cccnc3)cc2)c1. The molecule has 142 valence electrons. The molecule has 7 nitrogen and oxygen atoms in total. The zero-order chi connectivity index (χ0) is 19.8. The first kappa shape index (κ1) is 19.0. The minimum absolute atomic E-state index is 0.277. The number of benzene rings is 2. The Morgan fingerprint density at radius 1 is 1.07 bits per heavy atom. The van der Waals surface area contributed by atoms with E-state index in [2.05, 4.69) is 10.3 Å². The third-order valence-electron chi connectivity index (χ3n) is 3.89. The first-order valence-corrected chi connectivity index (χ1v) is 8.73. The van der Waals surface area contributed by atoms with Gasteiger partial charge in [0.1, 0.15) is 12.4 Å². The van der Waals surface area contributed by atoms with Crippen LogP contribution in [0.2, 0.25) is 0 Å². The van der Waals surface area contributed by atoms with Crippen molar-refractivity contribution < 1.29 is 14.3 Å². The zero-order valence-electron chi connectivity index (χ0n) is 15.3. The number of nitrogens with zero attached hydrogens (tertiary/aromatic N) is 3. The Bertz CT molecular complexity index is 930. The van der Waals surface area contributed by atoms with Crippen LogP contribution in [0.4, 0.5) is 11.4 Å². The Morgan fingerprint density at radius 2 is 1.89 bits per heavy atom. The maximum atomic E-state index is 11.9. The second-order valence-corrected chi connectivity index (χ2v) is 5.81. The van der Waals surface area contributed by atoms with Gasteiger partial charge in [0.05, 0.1) is 28.8 Å². The summed E-state index contributed by atoms with van der Waals surface area (Å²) in [6.45, 7) is 2.41. The van der Waals surface area contributed by atoms with E-state index in [0.717, 1.165) is 5.56 Å². The van der Waals surface area contributed by atoms with Crippen LogP contribution in [-0.4, -0.2) is 17.6 Å². The Hall–Kier alpha value is -3.74. The van der Waals surface area contributed by atoms with Gasteiger partial charge in [-0.1, -0.05) is 12.1 Å². The van der Waals surface area contributed by atoms with Crippen molar-refractivity contribution in [1.29, 1.82) is 0 Å². The molecule has 0 aliphatic rings. The van der Waals surface area contributed by atoms with E-state index < -0.39 is 5.97 Å². The van der Waals surface area contributed by atoms with Crippen LogP contribution >= 0.6 is 0 Å². The molecule has 1 heterocycles. The van der Waals surface area contributed by atoms with Gasteiger partial charge < -0.3 is 9.47 Å². The predicted molar refractivity (Wildman–Crippen MR) is 105 cm³/mol. The van der Waals surface area contributed by atoms with Crippen molar-refractivity contribution in [1.82, 2.24) is 4.98 Å². The van der Waals surface area contributed by atoms with Crippen molar-refractivity contribution >= 4 is 17.3 Å². The molecule has 0 saturated heterocycles. The highest BCUT2D eigenvalue weighted by Crippen LogP contribution is 2.28. The Morgan fingerprint density at radius 3 is 2.57 bits per heavy atom. The lowest BCUT2D eigenvalue weighted by atomic mass is 10.2. The fraction of sp³-hybridized carbons (Fsp3) is 0.143. The zero-order valence-corrected chi connectivity index (χ0v) is 15.3. The van der Waals surface area contributed by atoms with Gasteiger partial charge in [-0.05, 0) is 55.5 Å². The monoisotopic (exact) mass is 377 g/mol. The van der Waals surface area contributed by atoms with Gasteiger partial charge in [0.2, 0.25) is 0 Å². The third-order valence-corrected chi connectivity index (χ3v) is 3.89. The van der Waals surface area contributed by atoms with Crippen LogP contribution in [0.5, 0.6) is 5.75 Å². The molecule has 0 fully saturated rings. The molecule has 2 aromatic carbocycles. The molecule has 28 heavy (non-hydrogen) atoms. The van der Waals surface area contributed by atoms with Crippen LogP contribution in [0, 0.1) is 4.91 Å². The topological polar surface area (TPSA) is 81.1 Å². The van der Waals surface area contributed by atoms with E-state index in [1.807, 2.05) is 12.1 Å². The van der Waals surface area contributed by atoms with Crippen molar-refractivity contribution in [2.75, 3.05) is 11.6 Å². The average molecular weight is 377 g/mol. The lowest BCUT2D eigenvalue weighted by Crippen LogP contribution is -2.10. The fourth-order valence-electron chi connectivity index (χ4n) is 2.56. The van der Waals surface area contributed by atoms with Crippen LogP contribution in [-0.2, 0) is 11.3 Å². The minimum atomic E-state index is -0.450. The van der Waals surface area contributed by atoms with Crippen molar-refractivity contribution in [2.24, 2.45) is 5.29 Å². The van der Waals surface area contributed by atoms with Crippen molar-refractivity contribution in [3.05, 3.63) is 89.1 Å². The summed E-state index contributed by atoms with van der Waals surface area (Å²) in [6, 6.07) is 17.3. The fourth-order valence-corrected chi connectivity index (χ4v) is 2.56. The number of nitroso groups, excluding NO2 is 1. The van der Waals surface area contributed by atoms with Gasteiger partial charge in [-0.15, -0.1) is 4.91 Å². The maximum Gasteiger partial charge on any atom is 0.338 e. The standard InChI is InChI=1S/C21H19N3O4/c1-2-27-21(25)17-6-3-7-19(13-17)24(23-26)18-8-10-20(11-9-18)28-15-16-5-4-12-22-14-16/h3-14H,2,15H2,1H3. The van der Waals surface area contributed by atoms with Gasteiger partial charge in [0.15, 0.2) is 0 Å². The highest BCUT2D eigenvalue weighted by molar-refractivity contribution is 5.90. The number of rotatable bonds is 8. The summed E-state index contributed by atoms with van der Waals surface area (Å²) in [6.07, 6.45) is 3.44. The number of carbonyl (C=O) groups excluding carboxylic acids is 1. The van der Waals surface area contributed by atoms with Crippen molar-refractivity contribution in [3.63, 3.8) is 0 Å². The molecule has 0 aliphatic carbocycles. The summed E-state index contributed by atoms with van der Waals surface area (Å²) < 4.78 is 10.7. The number of carbonyl (C=O) groups is 1. The molecule has 0 amide bonds. The Balaban J connectivity index is 1.73. The summed E-state index contributed by atoms with van der Waals surface area (Å²) in [5, 5.41) is 4.28. The second-order valence-electron chi connectivity index (χ2n) is 5.81. The number of pyridine rings is 1. The van der Waals surface area contributed by atoms with E-state index in [1.165, 1.54) is 5.01 Å². The normalized spacial score (nSPS) is 10.2. The third kappa shape index (κ3) is 4.70. The molecule has 0 unspecified atom stereocenters. The molecule has 0 aliphatic heterocycles. The molecule has 3 rings (SSSR count). The number of esters is 1. The molecule has 0 radical (unpaired) electrons. The van der Waals surface area contributed by atoms with E-state index in [0.29, 0.717) is 29.3 Å². The van der Waals surface area contributed by atoms with Crippen LogP contribution in [0.1, 0.15) is 22.8 Å². The quantitative estimate of drug-likeness (QED) is 0.323. The molecule has 0 spiro atoms. The second kappa shape index (κ2) is 9.27. The highest BCUT2D eigenvalue weighted by atomic mass is 16.5. The molecule has 1 aromatic heterocycles. The van der Waals surface area contributed by atoms with Crippen LogP contribution in [0.25, 0.3) is 0 Å². The summed E-state index contributed by atoms with van der Waals surface area (Å²) in [7, 11) is 0. The molecule has 0 atom stereocenters. The van der Waals surface area contributed by atoms with Crippen molar-refractivity contribution in [2.45, 2.75) is 13.5 Å². The number of anilines is 2. The van der Waals surface area contributed by atoms with Crippen molar-refractivity contribution in [3.8, 4) is 5.75 Å². The largest absolute Gasteiger partial charge is 0.489 e. The Labute approximate surface area is 162 Å². The first-order chi connectivity index (χ1) is 13.7. The van der Waals surface area contributed by atoms with E-state index >= 15 is 0 Å². The molecule has 7 heteroatoms. The Kier molecular flexibility index (Phi) is 6.30. The lowest BCUT2D eigenvalue weighted by molar-refractivity contribution is 0.0526. The van der Waals surface area contributed by atoms with E-state index in [9.17, 15) is 9.70 Å². The maximum absolute atomic E-state index is 11.9. The molecule has 0 bridgehead atoms. The number of hydrogen-bond acceptors (Lipinski definition) is 6. The van der Waals surface area contributed by atoms with E-state index in [1.54, 1.807) is 67.8 Å². The number of hydrogen-bond donors (Lipinski definition) is 0. The van der Waals surface area contributed by atoms with Crippen LogP contribution in [0.15, 0.2) is 78.3 Å². The predicted octanol–water partition coefficient (Wildman–Crippen LogP) is 4.66. The van der Waals surface area contributed by atoms with Gasteiger partial charge in [-0.3, -0.25) is 4.98 Å². The van der Waals surface area contributed by atoms with E-state index in [4.69, 9.17) is 9.47 Å². The minimum Gasteiger partial charge on any atom is -0.489 e. The summed E-state index contributed by atoms with van der Waals surface area (Å²) in [5.74, 6) is 0.202. The number of aromatic nitrogens is 1. The average Bonchev–Trinajstić information content (AvgIpc) is 2.75. The molecule has 3 aromatic rings. The van der Waals surface area contributed by atoms with Gasteiger partial charge >= 0.3 is 5.97 Å². The van der Waals surface area contributed by atoms with Gasteiger partial charge in [-0.2, -0.15) is 5.01 Å². The molecular formula is C21H19N3O4. The smallest absolute Gasteiger partial charge is 0.338 e. The first-order valence-electron chi connectivity index (χ1n) is 8.73. The van der Waals surface area contributed by atoms with Gasteiger partial charge in [-0.25, -0.2) is 4.79 Å². The highest BCUT2D eigenvalue weighted by Gasteiger charge is 2.13. The summed E-state index contributed by atoms with van der Waals surface area (Å²) in [5.41, 5.74) is 2.32. The van der Waals surface area contributed by atoms with Gasteiger partial charge in [0.25, 0.3) is 0 Å². The molecule has 0 N–H and O–H groups in total. The lowest BCUT2D eigenvalue weighted by Gasteiger charge is -2.16. The van der Waals surface area contributed by atoms with Crippen LogP contribution in [0.3, 0.4) is 0 Å². The number of ether oxygens (including phenoxy) is 2. The summed E-state index contributed by atoms with van der Waals surface area (Å²) >= 11 is 0. The molecule has 0 saturated carbocycles. The van der Waals surface area contributed by atoms with Crippen LogP contribution < -0.4 is 9.75 Å². The van der Waals surface area contributed by atoms with Gasteiger partial charge in [0, 0.05) is 18.0 Å². The van der Waals surface area contributed by atoms with E-state index in [-0.39, 0.29) is 6.61 Å². The molecular weight excluding hydrogens is 358 g/mol.